The number of hydrogen-bond donors (Lipinski definition) is 3. The van der Waals surface area contributed by atoms with E-state index in [0.29, 0.717) is 29.4 Å². The van der Waals surface area contributed by atoms with Crippen molar-refractivity contribution in [1.29, 1.82) is 0 Å². The van der Waals surface area contributed by atoms with E-state index in [1.54, 1.807) is 16.8 Å². The van der Waals surface area contributed by atoms with E-state index in [2.05, 4.69) is 15.7 Å². The molecule has 2 aromatic heterocycles. The Morgan fingerprint density at radius 1 is 1.28 bits per heavy atom. The van der Waals surface area contributed by atoms with Gasteiger partial charge in [0.25, 0.3) is 5.91 Å². The zero-order chi connectivity index (χ0) is 20.0. The number of nitrogens with two attached hydrogens (primary N) is 1. The fourth-order valence-electron chi connectivity index (χ4n) is 3.44. The number of carbonyl (C=O) groups excluding carboxylic acids is 2. The van der Waals surface area contributed by atoms with Crippen LogP contribution in [-0.4, -0.2) is 32.5 Å². The van der Waals surface area contributed by atoms with Gasteiger partial charge in [0.15, 0.2) is 5.65 Å². The first-order valence-corrected chi connectivity index (χ1v) is 9.60. The molecule has 4 N–H and O–H groups in total. The quantitative estimate of drug-likeness (QED) is 0.454. The highest BCUT2D eigenvalue weighted by Gasteiger charge is 2.25. The molecule has 5 rings (SSSR count). The summed E-state index contributed by atoms with van der Waals surface area (Å²) in [4.78, 5) is 28.3. The Labute approximate surface area is 166 Å². The molecule has 0 atom stereocenters. The summed E-state index contributed by atoms with van der Waals surface area (Å²) in [5, 5.41) is 10.3. The summed E-state index contributed by atoms with van der Waals surface area (Å²) in [5.41, 5.74) is 10.3. The number of hydrogen-bond acceptors (Lipinski definition) is 6. The Morgan fingerprint density at radius 3 is 2.86 bits per heavy atom. The van der Waals surface area contributed by atoms with Crippen molar-refractivity contribution in [3.8, 4) is 11.3 Å². The molecular formula is C21H20N6O2. The molecule has 29 heavy (non-hydrogen) atoms. The van der Waals surface area contributed by atoms with Crippen LogP contribution in [0.3, 0.4) is 0 Å². The second-order valence-electron chi connectivity index (χ2n) is 7.41. The van der Waals surface area contributed by atoms with Gasteiger partial charge in [0, 0.05) is 35.4 Å². The maximum absolute atomic E-state index is 12.0. The van der Waals surface area contributed by atoms with Crippen LogP contribution in [0.2, 0.25) is 0 Å². The first-order valence-electron chi connectivity index (χ1n) is 9.60. The second-order valence-corrected chi connectivity index (χ2v) is 7.41. The normalized spacial score (nSPS) is 17.9. The van der Waals surface area contributed by atoms with E-state index in [1.165, 1.54) is 0 Å². The second kappa shape index (κ2) is 6.82. The molecule has 146 valence electrons. The highest BCUT2D eigenvalue weighted by Crippen LogP contribution is 2.29. The predicted octanol–water partition coefficient (Wildman–Crippen LogP) is 1.86. The van der Waals surface area contributed by atoms with Crippen LogP contribution >= 0.6 is 0 Å². The molecule has 3 heterocycles. The monoisotopic (exact) mass is 388 g/mol. The van der Waals surface area contributed by atoms with E-state index < -0.39 is 0 Å². The molecule has 8 heteroatoms. The van der Waals surface area contributed by atoms with Gasteiger partial charge in [-0.3, -0.25) is 14.9 Å². The zero-order valence-corrected chi connectivity index (χ0v) is 15.7. The number of fused-ring (bicyclic) bond motifs is 1. The van der Waals surface area contributed by atoms with Crippen molar-refractivity contribution in [1.82, 2.24) is 19.9 Å². The van der Waals surface area contributed by atoms with Gasteiger partial charge in [0.05, 0.1) is 18.3 Å². The third-order valence-electron chi connectivity index (χ3n) is 5.11. The molecule has 2 aliphatic rings. The third kappa shape index (κ3) is 3.38. The van der Waals surface area contributed by atoms with Gasteiger partial charge in [0.1, 0.15) is 5.82 Å². The standard InChI is InChI=1S/C21H20N6O2/c22-10-12-2-1-3-13(6-12)17-9-18(24-16-4-5-16)27-20(25-17)15(11-23-27)7-14-8-19(28)26-21(14)29/h1-3,6-7,9,11,16,24H,4-5,8,10,22H2,(H,26,28,29)/b14-7+. The van der Waals surface area contributed by atoms with Gasteiger partial charge in [-0.05, 0) is 30.5 Å². The van der Waals surface area contributed by atoms with Crippen LogP contribution in [0, 0.1) is 0 Å². The lowest BCUT2D eigenvalue weighted by molar-refractivity contribution is -0.124. The van der Waals surface area contributed by atoms with Crippen LogP contribution < -0.4 is 16.4 Å². The number of imide groups is 1. The van der Waals surface area contributed by atoms with E-state index in [1.807, 2.05) is 30.3 Å². The van der Waals surface area contributed by atoms with Crippen LogP contribution in [-0.2, 0) is 16.1 Å². The van der Waals surface area contributed by atoms with Crippen molar-refractivity contribution >= 4 is 29.4 Å². The lowest BCUT2D eigenvalue weighted by atomic mass is 10.1. The zero-order valence-electron chi connectivity index (χ0n) is 15.7. The molecule has 3 aromatic rings. The molecule has 1 aliphatic carbocycles. The number of nitrogens with one attached hydrogen (secondary N) is 2. The summed E-state index contributed by atoms with van der Waals surface area (Å²) in [6, 6.07) is 10.4. The molecule has 0 spiro atoms. The lowest BCUT2D eigenvalue weighted by Gasteiger charge is -2.11. The van der Waals surface area contributed by atoms with Crippen molar-refractivity contribution in [3.05, 3.63) is 53.2 Å². The fourth-order valence-corrected chi connectivity index (χ4v) is 3.44. The van der Waals surface area contributed by atoms with E-state index in [-0.39, 0.29) is 18.2 Å². The Balaban J connectivity index is 1.65. The summed E-state index contributed by atoms with van der Waals surface area (Å²) in [7, 11) is 0. The van der Waals surface area contributed by atoms with Gasteiger partial charge < -0.3 is 11.1 Å². The Bertz CT molecular complexity index is 1180. The number of carbonyl (C=O) groups is 2. The number of aromatic nitrogens is 3. The number of nitrogens with zero attached hydrogens (tertiary/aromatic N) is 3. The van der Waals surface area contributed by atoms with E-state index >= 15 is 0 Å². The fraction of sp³-hybridized carbons (Fsp3) is 0.238. The summed E-state index contributed by atoms with van der Waals surface area (Å²) in [6.45, 7) is 0.455. The first kappa shape index (κ1) is 17.6. The third-order valence-corrected chi connectivity index (χ3v) is 5.11. The van der Waals surface area contributed by atoms with Crippen LogP contribution in [0.4, 0.5) is 5.82 Å². The summed E-state index contributed by atoms with van der Waals surface area (Å²) in [5.74, 6) is 0.195. The van der Waals surface area contributed by atoms with Gasteiger partial charge in [-0.15, -0.1) is 0 Å². The summed E-state index contributed by atoms with van der Waals surface area (Å²) in [6.07, 6.45) is 5.69. The van der Waals surface area contributed by atoms with Crippen LogP contribution in [0.1, 0.15) is 30.4 Å². The van der Waals surface area contributed by atoms with Crippen molar-refractivity contribution < 1.29 is 9.59 Å². The van der Waals surface area contributed by atoms with Gasteiger partial charge in [-0.25, -0.2) is 4.98 Å². The van der Waals surface area contributed by atoms with E-state index in [9.17, 15) is 9.59 Å². The van der Waals surface area contributed by atoms with Crippen molar-refractivity contribution in [3.63, 3.8) is 0 Å². The minimum absolute atomic E-state index is 0.0710. The van der Waals surface area contributed by atoms with Gasteiger partial charge in [0.2, 0.25) is 5.91 Å². The Hall–Kier alpha value is -3.52. The minimum atomic E-state index is -0.363. The molecule has 1 saturated heterocycles. The van der Waals surface area contributed by atoms with Crippen molar-refractivity contribution in [2.45, 2.75) is 31.8 Å². The van der Waals surface area contributed by atoms with Gasteiger partial charge >= 0.3 is 0 Å². The molecule has 1 aliphatic heterocycles. The van der Waals surface area contributed by atoms with Gasteiger partial charge in [-0.2, -0.15) is 9.61 Å². The summed E-state index contributed by atoms with van der Waals surface area (Å²) >= 11 is 0. The Kier molecular flexibility index (Phi) is 4.13. The Morgan fingerprint density at radius 2 is 2.14 bits per heavy atom. The van der Waals surface area contributed by atoms with Crippen LogP contribution in [0.5, 0.6) is 0 Å². The number of anilines is 1. The maximum Gasteiger partial charge on any atom is 0.254 e. The summed E-state index contributed by atoms with van der Waals surface area (Å²) < 4.78 is 1.75. The first-order chi connectivity index (χ1) is 14.1. The molecular weight excluding hydrogens is 368 g/mol. The maximum atomic E-state index is 12.0. The molecule has 0 radical (unpaired) electrons. The molecule has 0 unspecified atom stereocenters. The van der Waals surface area contributed by atoms with Gasteiger partial charge in [-0.1, -0.05) is 18.2 Å². The lowest BCUT2D eigenvalue weighted by Crippen LogP contribution is -2.19. The topological polar surface area (TPSA) is 114 Å². The number of benzene rings is 1. The predicted molar refractivity (Wildman–Crippen MR) is 109 cm³/mol. The highest BCUT2D eigenvalue weighted by molar-refractivity contribution is 6.15. The van der Waals surface area contributed by atoms with Crippen molar-refractivity contribution in [2.75, 3.05) is 5.32 Å². The molecule has 2 fully saturated rings. The minimum Gasteiger partial charge on any atom is -0.367 e. The van der Waals surface area contributed by atoms with Crippen LogP contribution in [0.15, 0.2) is 42.1 Å². The molecule has 8 nitrogen and oxygen atoms in total. The average molecular weight is 388 g/mol. The largest absolute Gasteiger partial charge is 0.367 e. The molecule has 1 aromatic carbocycles. The average Bonchev–Trinajstić information content (AvgIpc) is 3.36. The SMILES string of the molecule is NCc1cccc(-c2cc(NC3CC3)n3ncc(/C=C4\CC(=O)NC4=O)c3n2)c1. The number of amides is 2. The smallest absolute Gasteiger partial charge is 0.254 e. The molecule has 0 bridgehead atoms. The molecule has 2 amide bonds. The van der Waals surface area contributed by atoms with Crippen molar-refractivity contribution in [2.24, 2.45) is 5.73 Å². The highest BCUT2D eigenvalue weighted by atomic mass is 16.2. The number of rotatable bonds is 5. The van der Waals surface area contributed by atoms with E-state index in [4.69, 9.17) is 10.7 Å². The van der Waals surface area contributed by atoms with Crippen LogP contribution in [0.25, 0.3) is 23.0 Å². The molecule has 1 saturated carbocycles. The van der Waals surface area contributed by atoms with E-state index in [0.717, 1.165) is 35.5 Å².